The van der Waals surface area contributed by atoms with Crippen LogP contribution in [0, 0.1) is 6.92 Å². The maximum absolute atomic E-state index is 13.1. The van der Waals surface area contributed by atoms with E-state index in [-0.39, 0.29) is 17.3 Å². The SMILES string of the molecule is CNC(=O)[C@H](C)N(Cc1ccccc1Cl)C(=O)CN(C)S(=O)(=O)c1ccc(C)cc1. The van der Waals surface area contributed by atoms with Crippen LogP contribution in [0.3, 0.4) is 0 Å². The number of carbonyl (C=O) groups excluding carboxylic acids is 2. The molecule has 0 aliphatic rings. The Morgan fingerprint density at radius 1 is 1.10 bits per heavy atom. The zero-order valence-corrected chi connectivity index (χ0v) is 19.0. The highest BCUT2D eigenvalue weighted by Crippen LogP contribution is 2.20. The van der Waals surface area contributed by atoms with Gasteiger partial charge in [0.25, 0.3) is 0 Å². The number of carbonyl (C=O) groups is 2. The molecule has 2 rings (SSSR count). The number of nitrogens with one attached hydrogen (secondary N) is 1. The normalized spacial score (nSPS) is 12.5. The summed E-state index contributed by atoms with van der Waals surface area (Å²) in [5.74, 6) is -0.872. The molecule has 0 spiro atoms. The minimum absolute atomic E-state index is 0.0749. The lowest BCUT2D eigenvalue weighted by atomic mass is 10.1. The van der Waals surface area contributed by atoms with Gasteiger partial charge in [0.15, 0.2) is 0 Å². The molecule has 1 atom stereocenters. The Bertz CT molecular complexity index is 1010. The Balaban J connectivity index is 2.27. The van der Waals surface area contributed by atoms with Gasteiger partial charge in [-0.3, -0.25) is 9.59 Å². The smallest absolute Gasteiger partial charge is 0.243 e. The van der Waals surface area contributed by atoms with E-state index in [0.29, 0.717) is 10.6 Å². The first-order chi connectivity index (χ1) is 14.1. The Hall–Kier alpha value is -2.42. The van der Waals surface area contributed by atoms with E-state index < -0.39 is 28.5 Å². The van der Waals surface area contributed by atoms with Crippen molar-refractivity contribution in [3.8, 4) is 0 Å². The molecule has 0 unspecified atom stereocenters. The van der Waals surface area contributed by atoms with Crippen molar-refractivity contribution in [3.63, 3.8) is 0 Å². The minimum atomic E-state index is -3.86. The predicted octanol–water partition coefficient (Wildman–Crippen LogP) is 2.43. The summed E-state index contributed by atoms with van der Waals surface area (Å²) in [7, 11) is -1.04. The molecule has 9 heteroatoms. The van der Waals surface area contributed by atoms with Gasteiger partial charge in [-0.2, -0.15) is 4.31 Å². The molecule has 1 N–H and O–H groups in total. The van der Waals surface area contributed by atoms with Crippen LogP contribution < -0.4 is 5.32 Å². The van der Waals surface area contributed by atoms with E-state index in [0.717, 1.165) is 9.87 Å². The first-order valence-electron chi connectivity index (χ1n) is 9.35. The molecule has 0 bridgehead atoms. The number of hydrogen-bond acceptors (Lipinski definition) is 4. The Labute approximate surface area is 182 Å². The highest BCUT2D eigenvalue weighted by atomic mass is 35.5. The number of amides is 2. The number of hydrogen-bond donors (Lipinski definition) is 1. The number of aryl methyl sites for hydroxylation is 1. The average molecular weight is 452 g/mol. The van der Waals surface area contributed by atoms with Crippen LogP contribution in [0.15, 0.2) is 53.4 Å². The summed E-state index contributed by atoms with van der Waals surface area (Å²) in [5, 5.41) is 2.98. The summed E-state index contributed by atoms with van der Waals surface area (Å²) < 4.78 is 26.6. The van der Waals surface area contributed by atoms with Crippen molar-refractivity contribution < 1.29 is 18.0 Å². The Morgan fingerprint density at radius 3 is 2.27 bits per heavy atom. The summed E-state index contributed by atoms with van der Waals surface area (Å²) in [4.78, 5) is 26.7. The van der Waals surface area contributed by atoms with Crippen LogP contribution in [-0.2, 0) is 26.2 Å². The van der Waals surface area contributed by atoms with Crippen LogP contribution in [0.25, 0.3) is 0 Å². The molecule has 30 heavy (non-hydrogen) atoms. The van der Waals surface area contributed by atoms with Gasteiger partial charge < -0.3 is 10.2 Å². The molecule has 0 heterocycles. The van der Waals surface area contributed by atoms with Crippen LogP contribution in [0.5, 0.6) is 0 Å². The monoisotopic (exact) mass is 451 g/mol. The van der Waals surface area contributed by atoms with Gasteiger partial charge in [0.2, 0.25) is 21.8 Å². The van der Waals surface area contributed by atoms with Gasteiger partial charge in [-0.1, -0.05) is 47.5 Å². The highest BCUT2D eigenvalue weighted by molar-refractivity contribution is 7.89. The van der Waals surface area contributed by atoms with Crippen LogP contribution in [0.2, 0.25) is 5.02 Å². The molecule has 7 nitrogen and oxygen atoms in total. The molecule has 0 saturated carbocycles. The van der Waals surface area contributed by atoms with E-state index in [2.05, 4.69) is 5.32 Å². The molecular formula is C21H26ClN3O4S. The third kappa shape index (κ3) is 5.59. The third-order valence-electron chi connectivity index (χ3n) is 4.80. The summed E-state index contributed by atoms with van der Waals surface area (Å²) >= 11 is 6.22. The molecule has 2 aromatic carbocycles. The van der Waals surface area contributed by atoms with Crippen LogP contribution in [0.4, 0.5) is 0 Å². The zero-order chi connectivity index (χ0) is 22.5. The van der Waals surface area contributed by atoms with Crippen molar-refractivity contribution in [2.45, 2.75) is 31.3 Å². The predicted molar refractivity (Wildman–Crippen MR) is 117 cm³/mol. The van der Waals surface area contributed by atoms with E-state index in [1.54, 1.807) is 43.3 Å². The Morgan fingerprint density at radius 2 is 1.70 bits per heavy atom. The maximum Gasteiger partial charge on any atom is 0.243 e. The largest absolute Gasteiger partial charge is 0.357 e. The zero-order valence-electron chi connectivity index (χ0n) is 17.4. The van der Waals surface area contributed by atoms with Gasteiger partial charge in [0.1, 0.15) is 6.04 Å². The molecule has 0 aromatic heterocycles. The second-order valence-electron chi connectivity index (χ2n) is 6.98. The van der Waals surface area contributed by atoms with E-state index in [1.807, 2.05) is 6.92 Å². The molecule has 0 aliphatic heterocycles. The van der Waals surface area contributed by atoms with Crippen molar-refractivity contribution in [3.05, 3.63) is 64.7 Å². The maximum atomic E-state index is 13.1. The minimum Gasteiger partial charge on any atom is -0.357 e. The van der Waals surface area contributed by atoms with Gasteiger partial charge in [-0.15, -0.1) is 0 Å². The summed E-state index contributed by atoms with van der Waals surface area (Å²) in [6, 6.07) is 12.6. The first kappa shape index (κ1) is 23.9. The van der Waals surface area contributed by atoms with Gasteiger partial charge in [-0.05, 0) is 37.6 Å². The quantitative estimate of drug-likeness (QED) is 0.667. The highest BCUT2D eigenvalue weighted by Gasteiger charge is 2.30. The fraction of sp³-hybridized carbons (Fsp3) is 0.333. The third-order valence-corrected chi connectivity index (χ3v) is 6.99. The van der Waals surface area contributed by atoms with Gasteiger partial charge in [0, 0.05) is 25.7 Å². The lowest BCUT2D eigenvalue weighted by Crippen LogP contribution is -2.50. The summed E-state index contributed by atoms with van der Waals surface area (Å²) in [5.41, 5.74) is 1.59. The fourth-order valence-corrected chi connectivity index (χ4v) is 4.17. The van der Waals surface area contributed by atoms with Gasteiger partial charge >= 0.3 is 0 Å². The lowest BCUT2D eigenvalue weighted by molar-refractivity contribution is -0.140. The molecular weight excluding hydrogens is 426 g/mol. The van der Waals surface area contributed by atoms with E-state index in [9.17, 15) is 18.0 Å². The molecule has 0 radical (unpaired) electrons. The second kappa shape index (κ2) is 10.1. The molecule has 0 aliphatic carbocycles. The number of likely N-dealkylation sites (N-methyl/N-ethyl adjacent to an activating group) is 2. The molecule has 2 aromatic rings. The number of halogens is 1. The Kier molecular flexibility index (Phi) is 8.00. The van der Waals surface area contributed by atoms with Crippen molar-refractivity contribution in [1.29, 1.82) is 0 Å². The molecule has 2 amide bonds. The fourth-order valence-electron chi connectivity index (χ4n) is 2.86. The van der Waals surface area contributed by atoms with E-state index in [1.165, 1.54) is 31.1 Å². The number of rotatable bonds is 8. The summed E-state index contributed by atoms with van der Waals surface area (Å²) in [6.45, 7) is 3.10. The second-order valence-corrected chi connectivity index (χ2v) is 9.43. The number of benzene rings is 2. The van der Waals surface area contributed by atoms with Crippen LogP contribution in [0.1, 0.15) is 18.1 Å². The first-order valence-corrected chi connectivity index (χ1v) is 11.2. The number of sulfonamides is 1. The topological polar surface area (TPSA) is 86.8 Å². The van der Waals surface area contributed by atoms with Crippen molar-refractivity contribution in [2.75, 3.05) is 20.6 Å². The molecule has 0 saturated heterocycles. The number of nitrogens with zero attached hydrogens (tertiary/aromatic N) is 2. The van der Waals surface area contributed by atoms with Gasteiger partial charge in [-0.25, -0.2) is 8.42 Å². The van der Waals surface area contributed by atoms with Gasteiger partial charge in [0.05, 0.1) is 11.4 Å². The van der Waals surface area contributed by atoms with Crippen LogP contribution in [-0.4, -0.2) is 56.1 Å². The molecule has 0 fully saturated rings. The van der Waals surface area contributed by atoms with Crippen LogP contribution >= 0.6 is 11.6 Å². The molecule has 162 valence electrons. The van der Waals surface area contributed by atoms with E-state index in [4.69, 9.17) is 11.6 Å². The summed E-state index contributed by atoms with van der Waals surface area (Å²) in [6.07, 6.45) is 0. The average Bonchev–Trinajstić information content (AvgIpc) is 2.72. The van der Waals surface area contributed by atoms with E-state index >= 15 is 0 Å². The van der Waals surface area contributed by atoms with Crippen molar-refractivity contribution in [1.82, 2.24) is 14.5 Å². The van der Waals surface area contributed by atoms with Crippen molar-refractivity contribution >= 4 is 33.4 Å². The lowest BCUT2D eigenvalue weighted by Gasteiger charge is -2.30. The van der Waals surface area contributed by atoms with Crippen molar-refractivity contribution in [2.24, 2.45) is 0 Å². The standard InChI is InChI=1S/C21H26ClN3O4S/c1-15-9-11-18(12-10-15)30(28,29)24(4)14-20(26)25(16(2)21(27)23-3)13-17-7-5-6-8-19(17)22/h5-12,16H,13-14H2,1-4H3,(H,23,27)/t16-/m0/s1.